The number of alkyl halides is 1. The molecule has 0 fully saturated rings. The maximum atomic E-state index is 11.8. The molecule has 0 saturated heterocycles. The summed E-state index contributed by atoms with van der Waals surface area (Å²) < 4.78 is 0. The number of benzene rings is 1. The Balaban J connectivity index is 2.41. The van der Waals surface area contributed by atoms with Crippen molar-refractivity contribution in [3.63, 3.8) is 0 Å². The van der Waals surface area contributed by atoms with E-state index in [-0.39, 0.29) is 5.91 Å². The van der Waals surface area contributed by atoms with Crippen LogP contribution in [-0.4, -0.2) is 12.5 Å². The van der Waals surface area contributed by atoms with Gasteiger partial charge in [0, 0.05) is 18.0 Å². The van der Waals surface area contributed by atoms with Crippen molar-refractivity contribution in [2.45, 2.75) is 32.6 Å². The lowest BCUT2D eigenvalue weighted by molar-refractivity contribution is 0.0952. The van der Waals surface area contributed by atoms with Gasteiger partial charge >= 0.3 is 0 Å². The second-order valence-electron chi connectivity index (χ2n) is 4.63. The molecule has 0 atom stereocenters. The summed E-state index contributed by atoms with van der Waals surface area (Å²) in [4.78, 5) is 11.8. The minimum atomic E-state index is -0.0132. The van der Waals surface area contributed by atoms with Gasteiger partial charge < -0.3 is 5.32 Å². The lowest BCUT2D eigenvalue weighted by atomic mass is 10.1. The molecule has 3 heteroatoms. The van der Waals surface area contributed by atoms with E-state index in [4.69, 9.17) is 11.6 Å². The van der Waals surface area contributed by atoms with Gasteiger partial charge in [0.2, 0.25) is 0 Å². The molecule has 1 aromatic carbocycles. The lowest BCUT2D eigenvalue weighted by Crippen LogP contribution is -2.24. The summed E-state index contributed by atoms with van der Waals surface area (Å²) >= 11 is 5.73. The van der Waals surface area contributed by atoms with E-state index in [1.807, 2.05) is 24.3 Å². The largest absolute Gasteiger partial charge is 0.352 e. The minimum Gasteiger partial charge on any atom is -0.352 e. The van der Waals surface area contributed by atoms with E-state index in [1.165, 1.54) is 0 Å². The second-order valence-corrected chi connectivity index (χ2v) is 4.89. The summed E-state index contributed by atoms with van der Waals surface area (Å²) in [7, 11) is 0. The van der Waals surface area contributed by atoms with Crippen LogP contribution in [0.25, 0.3) is 0 Å². The summed E-state index contributed by atoms with van der Waals surface area (Å²) in [6.45, 7) is 5.11. The van der Waals surface area contributed by atoms with Gasteiger partial charge in [0.05, 0.1) is 0 Å². The Morgan fingerprint density at radius 3 is 2.82 bits per heavy atom. The summed E-state index contributed by atoms with van der Waals surface area (Å²) in [5, 5.41) is 2.92. The van der Waals surface area contributed by atoms with Crippen LogP contribution in [-0.2, 0) is 5.88 Å². The number of hydrogen-bond donors (Lipinski definition) is 1. The highest BCUT2D eigenvalue weighted by Crippen LogP contribution is 2.08. The summed E-state index contributed by atoms with van der Waals surface area (Å²) in [6.07, 6.45) is 2.17. The molecule has 0 unspecified atom stereocenters. The molecule has 0 aliphatic carbocycles. The Morgan fingerprint density at radius 1 is 1.41 bits per heavy atom. The van der Waals surface area contributed by atoms with Crippen molar-refractivity contribution < 1.29 is 4.79 Å². The van der Waals surface area contributed by atoms with Gasteiger partial charge in [-0.05, 0) is 36.5 Å². The number of carbonyl (C=O) groups is 1. The van der Waals surface area contributed by atoms with E-state index in [1.54, 1.807) is 0 Å². The number of hydrogen-bond acceptors (Lipinski definition) is 1. The number of carbonyl (C=O) groups excluding carboxylic acids is 1. The van der Waals surface area contributed by atoms with Crippen molar-refractivity contribution in [3.8, 4) is 0 Å². The molecule has 17 heavy (non-hydrogen) atoms. The van der Waals surface area contributed by atoms with Crippen LogP contribution in [0.2, 0.25) is 0 Å². The van der Waals surface area contributed by atoms with Gasteiger partial charge in [0.25, 0.3) is 5.91 Å². The first kappa shape index (κ1) is 14.0. The maximum absolute atomic E-state index is 11.8. The normalized spacial score (nSPS) is 10.6. The van der Waals surface area contributed by atoms with Gasteiger partial charge in [-0.15, -0.1) is 11.6 Å². The molecule has 0 bridgehead atoms. The van der Waals surface area contributed by atoms with Crippen LogP contribution in [0, 0.1) is 5.92 Å². The van der Waals surface area contributed by atoms with E-state index in [0.29, 0.717) is 17.4 Å². The standard InChI is InChI=1S/C14H20ClNO/c1-11(2)5-4-8-16-14(17)13-7-3-6-12(9-13)10-15/h3,6-7,9,11H,4-5,8,10H2,1-2H3,(H,16,17). The lowest BCUT2D eigenvalue weighted by Gasteiger charge is -2.07. The van der Waals surface area contributed by atoms with Gasteiger partial charge in [0.1, 0.15) is 0 Å². The van der Waals surface area contributed by atoms with Crippen molar-refractivity contribution in [1.29, 1.82) is 0 Å². The zero-order valence-corrected chi connectivity index (χ0v) is 11.3. The van der Waals surface area contributed by atoms with Crippen LogP contribution in [0.15, 0.2) is 24.3 Å². The average Bonchev–Trinajstić information content (AvgIpc) is 2.34. The molecule has 1 aromatic rings. The fraction of sp³-hybridized carbons (Fsp3) is 0.500. The van der Waals surface area contributed by atoms with E-state index in [9.17, 15) is 4.79 Å². The molecular weight excluding hydrogens is 234 g/mol. The first-order valence-electron chi connectivity index (χ1n) is 6.06. The highest BCUT2D eigenvalue weighted by atomic mass is 35.5. The summed E-state index contributed by atoms with van der Waals surface area (Å²) in [5.41, 5.74) is 1.66. The average molecular weight is 254 g/mol. The van der Waals surface area contributed by atoms with Gasteiger partial charge in [-0.2, -0.15) is 0 Å². The number of halogens is 1. The number of amides is 1. The molecular formula is C14H20ClNO. The SMILES string of the molecule is CC(C)CCCNC(=O)c1cccc(CCl)c1. The van der Waals surface area contributed by atoms with Crippen LogP contribution in [0.4, 0.5) is 0 Å². The maximum Gasteiger partial charge on any atom is 0.251 e. The topological polar surface area (TPSA) is 29.1 Å². The molecule has 2 nitrogen and oxygen atoms in total. The molecule has 0 aliphatic rings. The molecule has 94 valence electrons. The Kier molecular flexibility index (Phi) is 6.06. The Morgan fingerprint density at radius 2 is 2.18 bits per heavy atom. The Labute approximate surface area is 108 Å². The molecule has 1 N–H and O–H groups in total. The highest BCUT2D eigenvalue weighted by Gasteiger charge is 2.05. The molecule has 0 spiro atoms. The van der Waals surface area contributed by atoms with Crippen molar-refractivity contribution in [3.05, 3.63) is 35.4 Å². The van der Waals surface area contributed by atoms with Gasteiger partial charge in [0.15, 0.2) is 0 Å². The van der Waals surface area contributed by atoms with Gasteiger partial charge in [-0.1, -0.05) is 26.0 Å². The second kappa shape index (κ2) is 7.33. The molecule has 1 rings (SSSR count). The third kappa shape index (κ3) is 5.22. The Bertz CT molecular complexity index is 363. The van der Waals surface area contributed by atoms with E-state index in [0.717, 1.165) is 24.9 Å². The van der Waals surface area contributed by atoms with Crippen molar-refractivity contribution in [2.75, 3.05) is 6.54 Å². The fourth-order valence-electron chi connectivity index (χ4n) is 1.61. The zero-order valence-electron chi connectivity index (χ0n) is 10.5. The van der Waals surface area contributed by atoms with Gasteiger partial charge in [-0.3, -0.25) is 4.79 Å². The monoisotopic (exact) mass is 253 g/mol. The smallest absolute Gasteiger partial charge is 0.251 e. The third-order valence-corrected chi connectivity index (χ3v) is 2.90. The van der Waals surface area contributed by atoms with Crippen LogP contribution < -0.4 is 5.32 Å². The summed E-state index contributed by atoms with van der Waals surface area (Å²) in [5.74, 6) is 1.11. The van der Waals surface area contributed by atoms with E-state index < -0.39 is 0 Å². The van der Waals surface area contributed by atoms with Crippen molar-refractivity contribution in [2.24, 2.45) is 5.92 Å². The van der Waals surface area contributed by atoms with Crippen molar-refractivity contribution in [1.82, 2.24) is 5.32 Å². The number of nitrogens with one attached hydrogen (secondary N) is 1. The molecule has 0 saturated carbocycles. The van der Waals surface area contributed by atoms with Crippen molar-refractivity contribution >= 4 is 17.5 Å². The molecule has 0 aromatic heterocycles. The van der Waals surface area contributed by atoms with Gasteiger partial charge in [-0.25, -0.2) is 0 Å². The van der Waals surface area contributed by atoms with Crippen LogP contribution >= 0.6 is 11.6 Å². The van der Waals surface area contributed by atoms with E-state index in [2.05, 4.69) is 19.2 Å². The first-order valence-corrected chi connectivity index (χ1v) is 6.60. The minimum absolute atomic E-state index is 0.0132. The zero-order chi connectivity index (χ0) is 12.7. The van der Waals surface area contributed by atoms with E-state index >= 15 is 0 Å². The summed E-state index contributed by atoms with van der Waals surface area (Å²) in [6, 6.07) is 7.43. The predicted octanol–water partition coefficient (Wildman–Crippen LogP) is 3.59. The third-order valence-electron chi connectivity index (χ3n) is 2.59. The van der Waals surface area contributed by atoms with Crippen LogP contribution in [0.1, 0.15) is 42.6 Å². The Hall–Kier alpha value is -1.02. The molecule has 0 radical (unpaired) electrons. The van der Waals surface area contributed by atoms with Crippen LogP contribution in [0.5, 0.6) is 0 Å². The molecule has 1 amide bonds. The molecule has 0 heterocycles. The number of rotatable bonds is 6. The quantitative estimate of drug-likeness (QED) is 0.609. The highest BCUT2D eigenvalue weighted by molar-refractivity contribution is 6.17. The fourth-order valence-corrected chi connectivity index (χ4v) is 1.78. The molecule has 0 aliphatic heterocycles. The van der Waals surface area contributed by atoms with Crippen LogP contribution in [0.3, 0.4) is 0 Å². The first-order chi connectivity index (χ1) is 8.13. The predicted molar refractivity (Wildman–Crippen MR) is 72.4 cm³/mol.